The summed E-state index contributed by atoms with van der Waals surface area (Å²) in [6.45, 7) is 0.165. The molecule has 2 aromatic heterocycles. The maximum atomic E-state index is 13.4. The molecular formula is C27H24N9O9S2-. The van der Waals surface area contributed by atoms with Crippen LogP contribution < -0.4 is 27.4 Å². The number of fused-ring (bicyclic) bond motifs is 1. The number of amides is 2. The third kappa shape index (κ3) is 6.72. The number of β-lactam (4-membered cyclic amide) rings is 1. The molecule has 3 unspecified atom stereocenters. The van der Waals surface area contributed by atoms with Crippen molar-refractivity contribution in [2.75, 3.05) is 17.2 Å². The summed E-state index contributed by atoms with van der Waals surface area (Å²) in [4.78, 5) is 64.7. The number of nitrogens with one attached hydrogen (secondary N) is 2. The van der Waals surface area contributed by atoms with Gasteiger partial charge in [0.2, 0.25) is 6.10 Å². The Morgan fingerprint density at radius 1 is 1.26 bits per heavy atom. The van der Waals surface area contributed by atoms with Gasteiger partial charge >= 0.3 is 5.97 Å². The highest BCUT2D eigenvalue weighted by Gasteiger charge is 2.53. The molecule has 0 radical (unpaired) electrons. The van der Waals surface area contributed by atoms with E-state index in [1.54, 1.807) is 6.08 Å². The van der Waals surface area contributed by atoms with Crippen molar-refractivity contribution in [2.45, 2.75) is 24.1 Å². The first-order valence-corrected chi connectivity index (χ1v) is 15.2. The minimum atomic E-state index is -1.83. The number of thiazole rings is 1. The van der Waals surface area contributed by atoms with E-state index in [9.17, 15) is 39.6 Å². The van der Waals surface area contributed by atoms with Crippen molar-refractivity contribution in [3.8, 4) is 11.5 Å². The molecule has 4 heterocycles. The van der Waals surface area contributed by atoms with Gasteiger partial charge in [-0.3, -0.25) is 19.9 Å². The molecular weight excluding hydrogens is 658 g/mol. The number of aromatic hydroxyl groups is 2. The molecule has 3 atom stereocenters. The highest BCUT2D eigenvalue weighted by molar-refractivity contribution is 8.00. The molecule has 9 N–H and O–H groups in total. The van der Waals surface area contributed by atoms with Crippen molar-refractivity contribution in [3.05, 3.63) is 76.1 Å². The van der Waals surface area contributed by atoms with Crippen molar-refractivity contribution in [2.24, 2.45) is 5.16 Å². The molecule has 2 aliphatic rings. The normalized spacial score (nSPS) is 18.4. The van der Waals surface area contributed by atoms with Crippen LogP contribution >= 0.6 is 23.1 Å². The van der Waals surface area contributed by atoms with Crippen molar-refractivity contribution < 1.29 is 44.4 Å². The minimum Gasteiger partial charge on any atom is -0.543 e. The Bertz CT molecular complexity index is 1940. The third-order valence-corrected chi connectivity index (χ3v) is 8.77. The lowest BCUT2D eigenvalue weighted by molar-refractivity contribution is -0.301. The van der Waals surface area contributed by atoms with Gasteiger partial charge in [0, 0.05) is 29.3 Å². The van der Waals surface area contributed by atoms with Crippen LogP contribution in [0.25, 0.3) is 0 Å². The number of phenolic OH excluding ortho intramolecular Hbond substituents is 2. The van der Waals surface area contributed by atoms with Gasteiger partial charge in [0.1, 0.15) is 28.4 Å². The predicted octanol–water partition coefficient (Wildman–Crippen LogP) is -1.40. The fourth-order valence-corrected chi connectivity index (χ4v) is 6.41. The second kappa shape index (κ2) is 13.2. The molecule has 0 saturated carbocycles. The van der Waals surface area contributed by atoms with E-state index in [1.807, 2.05) is 0 Å². The van der Waals surface area contributed by atoms with Crippen molar-refractivity contribution >= 4 is 63.5 Å². The number of oxime groups is 1. The summed E-state index contributed by atoms with van der Waals surface area (Å²) < 4.78 is 1.46. The molecule has 0 aliphatic carbocycles. The van der Waals surface area contributed by atoms with E-state index >= 15 is 0 Å². The Morgan fingerprint density at radius 2 is 2.02 bits per heavy atom. The van der Waals surface area contributed by atoms with Crippen LogP contribution in [0.15, 0.2) is 64.6 Å². The number of anilines is 2. The molecule has 1 fully saturated rings. The molecule has 0 bridgehead atoms. The number of carbonyl (C=O) groups is 4. The van der Waals surface area contributed by atoms with E-state index in [4.69, 9.17) is 21.7 Å². The van der Waals surface area contributed by atoms with Crippen LogP contribution in [0.2, 0.25) is 0 Å². The van der Waals surface area contributed by atoms with E-state index in [1.165, 1.54) is 46.2 Å². The average Bonchev–Trinajstić information content (AvgIpc) is 3.45. The zero-order chi connectivity index (χ0) is 34.0. The van der Waals surface area contributed by atoms with Gasteiger partial charge in [0.05, 0.1) is 18.0 Å². The van der Waals surface area contributed by atoms with Gasteiger partial charge < -0.3 is 51.4 Å². The largest absolute Gasteiger partial charge is 0.543 e. The molecule has 0 spiro atoms. The summed E-state index contributed by atoms with van der Waals surface area (Å²) in [5.74, 6) is -5.73. The molecule has 20 heteroatoms. The van der Waals surface area contributed by atoms with Crippen LogP contribution in [-0.4, -0.2) is 81.4 Å². The predicted molar refractivity (Wildman–Crippen MR) is 163 cm³/mol. The zero-order valence-corrected chi connectivity index (χ0v) is 25.4. The van der Waals surface area contributed by atoms with Crippen LogP contribution in [-0.2, 0) is 30.6 Å². The molecule has 2 aliphatic heterocycles. The number of nitrogen functional groups attached to an aromatic ring is 2. The van der Waals surface area contributed by atoms with Gasteiger partial charge in [-0.05, 0) is 17.7 Å². The van der Waals surface area contributed by atoms with E-state index in [-0.39, 0.29) is 51.3 Å². The summed E-state index contributed by atoms with van der Waals surface area (Å²) in [5, 5.41) is 55.9. The second-order valence-corrected chi connectivity index (χ2v) is 11.9. The number of nitrogens with two attached hydrogens (primary N) is 2. The Kier molecular flexibility index (Phi) is 9.15. The van der Waals surface area contributed by atoms with Gasteiger partial charge in [-0.1, -0.05) is 23.4 Å². The molecule has 5 rings (SSSR count). The molecule has 1 saturated heterocycles. The molecule has 3 aromatic rings. The number of allylic oxidation sites excluding steroid dienone is 2. The zero-order valence-electron chi connectivity index (χ0n) is 23.8. The SMILES string of the molecule is N=c1cc(N)ncn1CC=CC1=C(C(=O)[O-])N2C(=O)C(NC(=O)C(=NOC(C(=O)O)c3ccc(O)c(O)c3)c3csc(N)n3)C2SC1. The van der Waals surface area contributed by atoms with E-state index in [0.29, 0.717) is 0 Å². The molecule has 47 heavy (non-hydrogen) atoms. The van der Waals surface area contributed by atoms with Gasteiger partial charge in [-0.2, -0.15) is 0 Å². The Labute approximate surface area is 271 Å². The summed E-state index contributed by atoms with van der Waals surface area (Å²) in [6, 6.07) is 3.29. The Morgan fingerprint density at radius 3 is 2.66 bits per heavy atom. The quantitative estimate of drug-likeness (QED) is 0.0530. The number of thioether (sulfide) groups is 1. The van der Waals surface area contributed by atoms with E-state index in [2.05, 4.69) is 20.4 Å². The monoisotopic (exact) mass is 682 g/mol. The highest BCUT2D eigenvalue weighted by atomic mass is 32.2. The Balaban J connectivity index is 1.35. The first-order chi connectivity index (χ1) is 22.3. The molecule has 2 amide bonds. The topological polar surface area (TPSA) is 295 Å². The first kappa shape index (κ1) is 32.5. The molecule has 18 nitrogen and oxygen atoms in total. The number of carboxylic acid groups (broad SMARTS) is 2. The maximum Gasteiger partial charge on any atom is 0.352 e. The smallest absolute Gasteiger partial charge is 0.352 e. The fourth-order valence-electron chi connectivity index (χ4n) is 4.54. The summed E-state index contributed by atoms with van der Waals surface area (Å²) in [6.07, 6.45) is 2.61. The van der Waals surface area contributed by atoms with Gasteiger partial charge in [0.15, 0.2) is 22.3 Å². The third-order valence-electron chi connectivity index (χ3n) is 6.79. The lowest BCUT2D eigenvalue weighted by Crippen LogP contribution is -2.71. The summed E-state index contributed by atoms with van der Waals surface area (Å²) in [5.41, 5.74) is 10.5. The van der Waals surface area contributed by atoms with Crippen molar-refractivity contribution in [3.63, 3.8) is 0 Å². The lowest BCUT2D eigenvalue weighted by Gasteiger charge is -2.50. The maximum absolute atomic E-state index is 13.4. The van der Waals surface area contributed by atoms with Gasteiger partial charge in [-0.25, -0.2) is 14.8 Å². The first-order valence-electron chi connectivity index (χ1n) is 13.3. The van der Waals surface area contributed by atoms with Crippen LogP contribution in [0.4, 0.5) is 10.9 Å². The standard InChI is InChI=1S/C27H25N9O9S2/c28-16-7-17(29)35(10-31-16)5-1-2-12-8-46-24-19(23(40)36(24)20(12)25(41)42)33-22(39)18(13-9-47-27(30)32-13)34-45-21(26(43)44)11-3-4-14(37)15(38)6-11/h1-4,6-7,9-10,19,21,24,29,37-38H,5,8,28H2,(H2,30,32)(H,33,39)(H,41,42)(H,43,44)/p-1. The van der Waals surface area contributed by atoms with Crippen LogP contribution in [0.3, 0.4) is 0 Å². The number of hydrogen-bond acceptors (Lipinski definition) is 16. The van der Waals surface area contributed by atoms with Crippen molar-refractivity contribution in [1.29, 1.82) is 5.41 Å². The number of hydrogen-bond donors (Lipinski definition) is 7. The summed E-state index contributed by atoms with van der Waals surface area (Å²) >= 11 is 2.12. The van der Waals surface area contributed by atoms with Gasteiger partial charge in [0.25, 0.3) is 11.8 Å². The van der Waals surface area contributed by atoms with E-state index in [0.717, 1.165) is 28.4 Å². The minimum absolute atomic E-state index is 0.0433. The van der Waals surface area contributed by atoms with Crippen molar-refractivity contribution in [1.82, 2.24) is 24.8 Å². The highest BCUT2D eigenvalue weighted by Crippen LogP contribution is 2.40. The molecule has 244 valence electrons. The molecule has 1 aromatic carbocycles. The Hall–Kier alpha value is -5.89. The number of aliphatic carboxylic acids is 2. The second-order valence-electron chi connectivity index (χ2n) is 9.86. The number of aromatic nitrogens is 3. The summed E-state index contributed by atoms with van der Waals surface area (Å²) in [7, 11) is 0. The number of rotatable bonds is 11. The van der Waals surface area contributed by atoms with Gasteiger partial charge in [-0.15, -0.1) is 23.1 Å². The van der Waals surface area contributed by atoms with Crippen LogP contribution in [0, 0.1) is 5.41 Å². The average molecular weight is 683 g/mol. The number of nitrogens with zero attached hydrogens (tertiary/aromatic N) is 5. The van der Waals surface area contributed by atoms with Crippen LogP contribution in [0.1, 0.15) is 17.4 Å². The lowest BCUT2D eigenvalue weighted by atomic mass is 10.0. The number of carboxylic acids is 2. The fraction of sp³-hybridized carbons (Fsp3) is 0.185. The van der Waals surface area contributed by atoms with E-state index < -0.39 is 58.5 Å². The number of benzene rings is 1. The number of phenols is 2. The van der Waals surface area contributed by atoms with Crippen LogP contribution in [0.5, 0.6) is 11.5 Å². The number of carbonyl (C=O) groups excluding carboxylic acids is 3.